The topological polar surface area (TPSA) is 70.5 Å². The average molecular weight is 304 g/mol. The molecular weight excluding hydrogens is 288 g/mol. The summed E-state index contributed by atoms with van der Waals surface area (Å²) in [5, 5.41) is 10.0. The van der Waals surface area contributed by atoms with E-state index in [4.69, 9.17) is 5.11 Å². The van der Waals surface area contributed by atoms with Crippen LogP contribution in [0, 0.1) is 0 Å². The first-order chi connectivity index (χ1) is 10.1. The number of carboxylic acids is 1. The molecule has 21 heavy (non-hydrogen) atoms. The van der Waals surface area contributed by atoms with E-state index in [1.165, 1.54) is 4.90 Å². The number of amides is 1. The first-order valence-corrected chi connectivity index (χ1v) is 7.83. The van der Waals surface area contributed by atoms with E-state index in [0.29, 0.717) is 25.8 Å². The van der Waals surface area contributed by atoms with Gasteiger partial charge >= 0.3 is 5.97 Å². The van der Waals surface area contributed by atoms with Crippen LogP contribution in [0.2, 0.25) is 0 Å². The Morgan fingerprint density at radius 2 is 2.19 bits per heavy atom. The molecule has 3 rings (SSSR count). The third-order valence-electron chi connectivity index (χ3n) is 3.75. The molecule has 1 fully saturated rings. The van der Waals surface area contributed by atoms with E-state index in [-0.39, 0.29) is 5.91 Å². The van der Waals surface area contributed by atoms with Crippen LogP contribution < -0.4 is 0 Å². The molecule has 1 N–H and O–H groups in total. The molecule has 2 aromatic rings. The van der Waals surface area contributed by atoms with E-state index in [1.807, 2.05) is 24.3 Å². The van der Waals surface area contributed by atoms with E-state index in [1.54, 1.807) is 11.3 Å². The number of aryl methyl sites for hydroxylation is 1. The van der Waals surface area contributed by atoms with Crippen molar-refractivity contribution in [3.05, 3.63) is 29.3 Å². The fraction of sp³-hybridized carbons (Fsp3) is 0.400. The van der Waals surface area contributed by atoms with Crippen LogP contribution in [0.5, 0.6) is 0 Å². The molecule has 0 aliphatic carbocycles. The summed E-state index contributed by atoms with van der Waals surface area (Å²) in [7, 11) is 0. The van der Waals surface area contributed by atoms with Gasteiger partial charge in [0, 0.05) is 19.4 Å². The van der Waals surface area contributed by atoms with E-state index >= 15 is 0 Å². The highest BCUT2D eigenvalue weighted by atomic mass is 32.1. The van der Waals surface area contributed by atoms with Crippen LogP contribution in [0.25, 0.3) is 10.2 Å². The van der Waals surface area contributed by atoms with Gasteiger partial charge in [-0.05, 0) is 25.0 Å². The lowest BCUT2D eigenvalue weighted by Crippen LogP contribution is -2.40. The largest absolute Gasteiger partial charge is 0.480 e. The zero-order chi connectivity index (χ0) is 14.8. The third-order valence-corrected chi connectivity index (χ3v) is 4.85. The van der Waals surface area contributed by atoms with Gasteiger partial charge in [0.15, 0.2) is 0 Å². The van der Waals surface area contributed by atoms with E-state index < -0.39 is 12.0 Å². The average Bonchev–Trinajstić information content (AvgIpc) is 3.10. The van der Waals surface area contributed by atoms with Gasteiger partial charge in [-0.15, -0.1) is 11.3 Å². The molecule has 1 amide bonds. The first-order valence-electron chi connectivity index (χ1n) is 7.02. The zero-order valence-electron chi connectivity index (χ0n) is 11.5. The minimum Gasteiger partial charge on any atom is -0.480 e. The summed E-state index contributed by atoms with van der Waals surface area (Å²) in [6, 6.07) is 7.24. The Hall–Kier alpha value is -1.95. The number of thiazole rings is 1. The number of benzene rings is 1. The van der Waals surface area contributed by atoms with E-state index in [9.17, 15) is 9.59 Å². The minimum absolute atomic E-state index is 0.0841. The van der Waals surface area contributed by atoms with Crippen LogP contribution in [0.3, 0.4) is 0 Å². The number of carbonyl (C=O) groups excluding carboxylic acids is 1. The van der Waals surface area contributed by atoms with E-state index in [2.05, 4.69) is 4.98 Å². The zero-order valence-corrected chi connectivity index (χ0v) is 12.3. The van der Waals surface area contributed by atoms with Gasteiger partial charge in [-0.3, -0.25) is 4.79 Å². The maximum atomic E-state index is 12.2. The van der Waals surface area contributed by atoms with Gasteiger partial charge in [0.05, 0.1) is 15.2 Å². The summed E-state index contributed by atoms with van der Waals surface area (Å²) in [5.41, 5.74) is 0.953. The number of hydrogen-bond acceptors (Lipinski definition) is 4. The number of rotatable bonds is 4. The van der Waals surface area contributed by atoms with Crippen molar-refractivity contribution in [1.29, 1.82) is 0 Å². The lowest BCUT2D eigenvalue weighted by atomic mass is 10.2. The molecule has 5 nitrogen and oxygen atoms in total. The van der Waals surface area contributed by atoms with Crippen molar-refractivity contribution in [1.82, 2.24) is 9.88 Å². The summed E-state index contributed by atoms with van der Waals surface area (Å²) in [4.78, 5) is 29.3. The Kier molecular flexibility index (Phi) is 3.88. The number of aromatic nitrogens is 1. The van der Waals surface area contributed by atoms with Crippen LogP contribution in [0.15, 0.2) is 24.3 Å². The Bertz CT molecular complexity index is 649. The van der Waals surface area contributed by atoms with Crippen LogP contribution in [0.4, 0.5) is 0 Å². The van der Waals surface area contributed by atoms with Crippen LogP contribution in [-0.4, -0.2) is 39.5 Å². The second-order valence-electron chi connectivity index (χ2n) is 5.16. The van der Waals surface area contributed by atoms with Gasteiger partial charge < -0.3 is 10.0 Å². The predicted octanol–water partition coefficient (Wildman–Crippen LogP) is 2.30. The van der Waals surface area contributed by atoms with E-state index in [0.717, 1.165) is 21.6 Å². The lowest BCUT2D eigenvalue weighted by molar-refractivity contribution is -0.148. The van der Waals surface area contributed by atoms with Crippen LogP contribution in [0.1, 0.15) is 24.3 Å². The van der Waals surface area contributed by atoms with Gasteiger partial charge in [-0.25, -0.2) is 9.78 Å². The second-order valence-corrected chi connectivity index (χ2v) is 6.27. The number of para-hydroxylation sites is 1. The smallest absolute Gasteiger partial charge is 0.326 e. The number of aliphatic carboxylic acids is 1. The molecule has 1 aromatic heterocycles. The number of carbonyl (C=O) groups is 2. The molecule has 6 heteroatoms. The SMILES string of the molecule is O=C(O)[C@H]1CCCN1C(=O)CCc1nc2ccccc2s1. The molecule has 0 unspecified atom stereocenters. The number of nitrogens with zero attached hydrogens (tertiary/aromatic N) is 2. The molecule has 0 spiro atoms. The van der Waals surface area contributed by atoms with Gasteiger partial charge in [-0.1, -0.05) is 12.1 Å². The highest BCUT2D eigenvalue weighted by Crippen LogP contribution is 2.24. The van der Waals surface area contributed by atoms with Gasteiger partial charge in [-0.2, -0.15) is 0 Å². The molecule has 1 aromatic carbocycles. The summed E-state index contributed by atoms with van der Waals surface area (Å²) in [5.74, 6) is -0.986. The predicted molar refractivity (Wildman–Crippen MR) is 80.3 cm³/mol. The Morgan fingerprint density at radius 3 is 2.95 bits per heavy atom. The molecular formula is C15H16N2O3S. The molecule has 1 saturated heterocycles. The van der Waals surface area contributed by atoms with Crippen molar-refractivity contribution < 1.29 is 14.7 Å². The van der Waals surface area contributed by atoms with Crippen molar-refractivity contribution >= 4 is 33.4 Å². The molecule has 2 heterocycles. The lowest BCUT2D eigenvalue weighted by Gasteiger charge is -2.21. The van der Waals surface area contributed by atoms with Crippen molar-refractivity contribution in [3.8, 4) is 0 Å². The number of carboxylic acid groups (broad SMARTS) is 1. The van der Waals surface area contributed by atoms with Crippen molar-refractivity contribution in [2.45, 2.75) is 31.7 Å². The molecule has 0 bridgehead atoms. The Balaban J connectivity index is 1.64. The molecule has 0 saturated carbocycles. The van der Waals surface area contributed by atoms with Crippen LogP contribution in [-0.2, 0) is 16.0 Å². The van der Waals surface area contributed by atoms with Gasteiger partial charge in [0.2, 0.25) is 5.91 Å². The normalized spacial score (nSPS) is 18.3. The number of fused-ring (bicyclic) bond motifs is 1. The molecule has 1 aliphatic rings. The molecule has 110 valence electrons. The summed E-state index contributed by atoms with van der Waals surface area (Å²) >= 11 is 1.59. The monoisotopic (exact) mass is 304 g/mol. The van der Waals surface area contributed by atoms with Gasteiger partial charge in [0.1, 0.15) is 6.04 Å². The Morgan fingerprint density at radius 1 is 1.38 bits per heavy atom. The third kappa shape index (κ3) is 2.90. The maximum absolute atomic E-state index is 12.2. The number of hydrogen-bond donors (Lipinski definition) is 1. The molecule has 0 radical (unpaired) electrons. The summed E-state index contributed by atoms with van der Waals surface area (Å²) < 4.78 is 1.12. The minimum atomic E-state index is -0.902. The quantitative estimate of drug-likeness (QED) is 0.941. The highest BCUT2D eigenvalue weighted by molar-refractivity contribution is 7.18. The summed E-state index contributed by atoms with van der Waals surface area (Å²) in [6.45, 7) is 0.551. The molecule has 1 atom stereocenters. The van der Waals surface area contributed by atoms with Crippen LogP contribution >= 0.6 is 11.3 Å². The standard InChI is InChI=1S/C15H16N2O3S/c18-14(17-9-3-5-11(17)15(19)20)8-7-13-16-10-4-1-2-6-12(10)21-13/h1-2,4,6,11H,3,5,7-9H2,(H,19,20)/t11-/m1/s1. The molecule has 1 aliphatic heterocycles. The first kappa shape index (κ1) is 14.0. The summed E-state index contributed by atoms with van der Waals surface area (Å²) in [6.07, 6.45) is 2.22. The van der Waals surface area contributed by atoms with Crippen molar-refractivity contribution in [2.75, 3.05) is 6.54 Å². The fourth-order valence-corrected chi connectivity index (χ4v) is 3.67. The van der Waals surface area contributed by atoms with Crippen molar-refractivity contribution in [2.24, 2.45) is 0 Å². The maximum Gasteiger partial charge on any atom is 0.326 e. The number of likely N-dealkylation sites (tertiary alicyclic amines) is 1. The van der Waals surface area contributed by atoms with Gasteiger partial charge in [0.25, 0.3) is 0 Å². The second kappa shape index (κ2) is 5.81. The Labute approximate surface area is 126 Å². The highest BCUT2D eigenvalue weighted by Gasteiger charge is 2.33. The fourth-order valence-electron chi connectivity index (χ4n) is 2.71. The van der Waals surface area contributed by atoms with Crippen molar-refractivity contribution in [3.63, 3.8) is 0 Å².